The number of nitrogens with two attached hydrogens (primary N) is 3. The van der Waals surface area contributed by atoms with Crippen molar-refractivity contribution in [1.29, 1.82) is 0 Å². The van der Waals surface area contributed by atoms with Crippen LogP contribution in [0, 0.1) is 5.92 Å². The van der Waals surface area contributed by atoms with Crippen molar-refractivity contribution in [1.82, 2.24) is 26.6 Å². The van der Waals surface area contributed by atoms with Crippen LogP contribution in [-0.2, 0) is 66.3 Å². The molecule has 0 aliphatic heterocycles. The first-order chi connectivity index (χ1) is 26.0. The molecule has 1 aliphatic carbocycles. The van der Waals surface area contributed by atoms with E-state index in [-0.39, 0.29) is 123 Å². The molecule has 0 saturated heterocycles. The molecule has 0 spiro atoms. The van der Waals surface area contributed by atoms with Crippen LogP contribution in [-0.4, -0.2) is 141 Å². The first kappa shape index (κ1) is 49.2. The van der Waals surface area contributed by atoms with Crippen LogP contribution in [0.5, 0.6) is 0 Å². The zero-order valence-electron chi connectivity index (χ0n) is 31.3. The summed E-state index contributed by atoms with van der Waals surface area (Å²) in [6, 6.07) is -2.20. The Morgan fingerprint density at radius 2 is 1.07 bits per heavy atom. The summed E-state index contributed by atoms with van der Waals surface area (Å²) >= 11 is 0. The summed E-state index contributed by atoms with van der Waals surface area (Å²) < 4.78 is 38.6. The maximum absolute atomic E-state index is 13.3. The second-order valence-corrected chi connectivity index (χ2v) is 14.3. The van der Waals surface area contributed by atoms with Crippen LogP contribution < -0.4 is 44.3 Å². The predicted octanol–water partition coefficient (Wildman–Crippen LogP) is -2.37. The van der Waals surface area contributed by atoms with E-state index in [2.05, 4.69) is 41.1 Å². The van der Waals surface area contributed by atoms with Gasteiger partial charge in [0.1, 0.15) is 12.1 Å². The molecule has 0 aromatic heterocycles. The Hall–Kier alpha value is -2.86. The van der Waals surface area contributed by atoms with E-state index in [1.165, 1.54) is 13.8 Å². The predicted molar refractivity (Wildman–Crippen MR) is 192 cm³/mol. The third kappa shape index (κ3) is 23.8. The van der Waals surface area contributed by atoms with Crippen molar-refractivity contribution in [2.45, 2.75) is 69.6 Å². The van der Waals surface area contributed by atoms with Gasteiger partial charge in [0.25, 0.3) is 0 Å². The molecule has 0 radical (unpaired) electrons. The number of hydrogen-bond acceptors (Lipinski definition) is 17. The Kier molecular flexibility index (Phi) is 27.6. The Balaban J connectivity index is 2.86. The SMILES string of the molecule is COP(C)(=O)OC1CCC(C(=O)NC(CCC(=O)NC(CCC(=O)NCCOCCON)C(=O)NCCOCCON)C(=O)NCCOCCON)CC1. The van der Waals surface area contributed by atoms with E-state index >= 15 is 0 Å². The van der Waals surface area contributed by atoms with Crippen molar-refractivity contribution in [3.05, 3.63) is 0 Å². The standard InChI is InChI=1S/C31H61N8O14P/c1-46-54(2,45)53-24-5-3-23(4-6-24)29(42)39-26(31(44)37-13-16-49-19-22-52-34)8-10-28(41)38-25(30(43)36-12-15-48-18-21-51-33)7-9-27(40)35-11-14-47-17-20-50-32/h23-26H,3-22,32-34H2,1-2H3,(H,35,40)(H,36,43)(H,37,44)(H,38,41)(H,39,42). The molecule has 23 heteroatoms. The van der Waals surface area contributed by atoms with Crippen LogP contribution in [0.4, 0.5) is 0 Å². The number of hydrogen-bond donors (Lipinski definition) is 8. The summed E-state index contributed by atoms with van der Waals surface area (Å²) in [4.78, 5) is 78.5. The summed E-state index contributed by atoms with van der Waals surface area (Å²) in [6.45, 7) is 3.55. The molecule has 1 saturated carbocycles. The van der Waals surface area contributed by atoms with Gasteiger partial charge in [0.05, 0.1) is 65.6 Å². The lowest BCUT2D eigenvalue weighted by Crippen LogP contribution is -2.51. The van der Waals surface area contributed by atoms with Gasteiger partial charge in [0.15, 0.2) is 0 Å². The average molecular weight is 801 g/mol. The molecule has 0 bridgehead atoms. The number of nitrogens with one attached hydrogen (secondary N) is 5. The molecular weight excluding hydrogens is 739 g/mol. The maximum atomic E-state index is 13.3. The van der Waals surface area contributed by atoms with Crippen LogP contribution in [0.1, 0.15) is 51.4 Å². The van der Waals surface area contributed by atoms with E-state index in [9.17, 15) is 28.5 Å². The van der Waals surface area contributed by atoms with Crippen molar-refractivity contribution >= 4 is 37.1 Å². The van der Waals surface area contributed by atoms with Crippen LogP contribution in [0.3, 0.4) is 0 Å². The first-order valence-electron chi connectivity index (χ1n) is 17.9. The Morgan fingerprint density at radius 3 is 1.54 bits per heavy atom. The number of amides is 5. The molecule has 3 atom stereocenters. The van der Waals surface area contributed by atoms with E-state index in [0.717, 1.165) is 0 Å². The van der Waals surface area contributed by atoms with Crippen molar-refractivity contribution in [3.8, 4) is 0 Å². The summed E-state index contributed by atoms with van der Waals surface area (Å²) in [5, 5.41) is 13.4. The topological polar surface area (TPSA) is 314 Å². The fourth-order valence-electron chi connectivity index (χ4n) is 5.11. The first-order valence-corrected chi connectivity index (χ1v) is 19.9. The zero-order valence-corrected chi connectivity index (χ0v) is 32.2. The van der Waals surface area contributed by atoms with Gasteiger partial charge in [-0.05, 0) is 38.5 Å². The van der Waals surface area contributed by atoms with E-state index in [0.29, 0.717) is 25.7 Å². The fourth-order valence-corrected chi connectivity index (χ4v) is 5.94. The lowest BCUT2D eigenvalue weighted by atomic mass is 9.86. The maximum Gasteiger partial charge on any atom is 0.327 e. The second-order valence-electron chi connectivity index (χ2n) is 12.2. The third-order valence-corrected chi connectivity index (χ3v) is 9.36. The van der Waals surface area contributed by atoms with Crippen LogP contribution in [0.25, 0.3) is 0 Å². The highest BCUT2D eigenvalue weighted by atomic mass is 31.2. The molecule has 54 heavy (non-hydrogen) atoms. The Labute approximate surface area is 315 Å². The van der Waals surface area contributed by atoms with Gasteiger partial charge in [0.2, 0.25) is 29.5 Å². The molecule has 0 aromatic rings. The molecule has 1 fully saturated rings. The van der Waals surface area contributed by atoms with Gasteiger partial charge in [-0.3, -0.25) is 28.5 Å². The molecule has 11 N–H and O–H groups in total. The molecule has 0 heterocycles. The molecule has 314 valence electrons. The van der Waals surface area contributed by atoms with Gasteiger partial charge in [-0.15, -0.1) is 0 Å². The van der Waals surface area contributed by atoms with Crippen molar-refractivity contribution in [2.75, 3.05) is 92.9 Å². The molecule has 5 amide bonds. The fraction of sp³-hybridized carbons (Fsp3) is 0.839. The lowest BCUT2D eigenvalue weighted by molar-refractivity contribution is -0.133. The van der Waals surface area contributed by atoms with Gasteiger partial charge in [-0.1, -0.05) is 0 Å². The van der Waals surface area contributed by atoms with E-state index in [1.807, 2.05) is 0 Å². The molecular formula is C31H61N8O14P. The Morgan fingerprint density at radius 1 is 0.630 bits per heavy atom. The average Bonchev–Trinajstić information content (AvgIpc) is 3.15. The third-order valence-electron chi connectivity index (χ3n) is 8.02. The molecule has 1 aliphatic rings. The van der Waals surface area contributed by atoms with Gasteiger partial charge in [0, 0.05) is 52.2 Å². The van der Waals surface area contributed by atoms with Crippen LogP contribution in [0.15, 0.2) is 0 Å². The summed E-state index contributed by atoms with van der Waals surface area (Å²) in [5.41, 5.74) is 0. The number of ether oxygens (including phenoxy) is 3. The minimum absolute atomic E-state index is 0.0345. The quantitative estimate of drug-likeness (QED) is 0.0200. The summed E-state index contributed by atoms with van der Waals surface area (Å²) in [5.74, 6) is 12.0. The monoisotopic (exact) mass is 800 g/mol. The van der Waals surface area contributed by atoms with E-state index in [4.69, 9.17) is 40.9 Å². The molecule has 22 nitrogen and oxygen atoms in total. The number of carbonyl (C=O) groups is 5. The normalized spacial score (nSPS) is 17.8. The van der Waals surface area contributed by atoms with Crippen molar-refractivity contribution in [3.63, 3.8) is 0 Å². The van der Waals surface area contributed by atoms with Crippen LogP contribution in [0.2, 0.25) is 0 Å². The van der Waals surface area contributed by atoms with Gasteiger partial charge < -0.3 is 64.4 Å². The molecule has 1 rings (SSSR count). The minimum atomic E-state index is -3.19. The highest BCUT2D eigenvalue weighted by molar-refractivity contribution is 7.52. The van der Waals surface area contributed by atoms with Gasteiger partial charge >= 0.3 is 7.60 Å². The largest absolute Gasteiger partial charge is 0.377 e. The Bertz CT molecular complexity index is 1140. The zero-order chi connectivity index (χ0) is 40.0. The smallest absolute Gasteiger partial charge is 0.327 e. The van der Waals surface area contributed by atoms with E-state index in [1.54, 1.807) is 0 Å². The number of rotatable bonds is 32. The van der Waals surface area contributed by atoms with Crippen LogP contribution >= 0.6 is 7.60 Å². The highest BCUT2D eigenvalue weighted by Gasteiger charge is 2.32. The van der Waals surface area contributed by atoms with Crippen molar-refractivity contribution in [2.24, 2.45) is 23.6 Å². The summed E-state index contributed by atoms with van der Waals surface area (Å²) in [7, 11) is -1.88. The summed E-state index contributed by atoms with van der Waals surface area (Å²) in [6.07, 6.45) is 0.995. The van der Waals surface area contributed by atoms with Crippen molar-refractivity contribution < 1.29 is 66.3 Å². The number of carbonyl (C=O) groups excluding carboxylic acids is 5. The molecule has 0 aromatic carbocycles. The highest BCUT2D eigenvalue weighted by Crippen LogP contribution is 2.46. The van der Waals surface area contributed by atoms with E-state index < -0.39 is 43.3 Å². The van der Waals surface area contributed by atoms with Gasteiger partial charge in [-0.2, -0.15) is 0 Å². The second kappa shape index (κ2) is 30.4. The minimum Gasteiger partial charge on any atom is -0.377 e. The van der Waals surface area contributed by atoms with Gasteiger partial charge in [-0.25, -0.2) is 17.7 Å². The molecule has 3 unspecified atom stereocenters. The lowest BCUT2D eigenvalue weighted by Gasteiger charge is -2.30.